The Balaban J connectivity index is 1.86. The van der Waals surface area contributed by atoms with Crippen molar-refractivity contribution in [3.63, 3.8) is 0 Å². The Kier molecular flexibility index (Phi) is 4.75. The van der Waals surface area contributed by atoms with E-state index in [4.69, 9.17) is 4.74 Å². The minimum absolute atomic E-state index is 0.213. The lowest BCUT2D eigenvalue weighted by atomic mass is 10.1. The molecule has 1 aliphatic heterocycles. The molecule has 2 rings (SSSR count). The highest BCUT2D eigenvalue weighted by Crippen LogP contribution is 2.24. The molecular weight excluding hydrogens is 268 g/mol. The molecule has 1 aliphatic rings. The number of amides is 1. The lowest BCUT2D eigenvalue weighted by Gasteiger charge is -2.33. The van der Waals surface area contributed by atoms with Crippen LogP contribution in [0.3, 0.4) is 0 Å². The van der Waals surface area contributed by atoms with E-state index in [2.05, 4.69) is 17.3 Å². The third-order valence-electron chi connectivity index (χ3n) is 3.47. The molecule has 2 heterocycles. The van der Waals surface area contributed by atoms with Crippen molar-refractivity contribution in [2.24, 2.45) is 0 Å². The van der Waals surface area contributed by atoms with E-state index in [0.717, 1.165) is 38.2 Å². The molecule has 0 saturated carbocycles. The minimum Gasteiger partial charge on any atom is -0.444 e. The van der Waals surface area contributed by atoms with Crippen LogP contribution in [0.25, 0.3) is 0 Å². The summed E-state index contributed by atoms with van der Waals surface area (Å²) < 4.78 is 7.41. The summed E-state index contributed by atoms with van der Waals surface area (Å²) in [4.78, 5) is 13.8. The number of anilines is 1. The van der Waals surface area contributed by atoms with Crippen LogP contribution >= 0.6 is 0 Å². The van der Waals surface area contributed by atoms with Gasteiger partial charge in [0, 0.05) is 25.8 Å². The van der Waals surface area contributed by atoms with Gasteiger partial charge in [0.25, 0.3) is 0 Å². The number of nitrogens with zero attached hydrogens (tertiary/aromatic N) is 3. The number of ether oxygens (including phenoxy) is 1. The topological polar surface area (TPSA) is 59.4 Å². The number of piperidine rings is 1. The third-order valence-corrected chi connectivity index (χ3v) is 3.47. The van der Waals surface area contributed by atoms with Crippen molar-refractivity contribution in [2.75, 3.05) is 25.0 Å². The maximum Gasteiger partial charge on any atom is 0.410 e. The van der Waals surface area contributed by atoms with Crippen molar-refractivity contribution in [3.05, 3.63) is 12.4 Å². The van der Waals surface area contributed by atoms with Gasteiger partial charge in [-0.25, -0.2) is 4.79 Å². The van der Waals surface area contributed by atoms with Gasteiger partial charge in [-0.2, -0.15) is 5.10 Å². The van der Waals surface area contributed by atoms with Crippen molar-refractivity contribution < 1.29 is 9.53 Å². The molecule has 1 aromatic heterocycles. The Bertz CT molecular complexity index is 470. The molecule has 0 unspecified atom stereocenters. The molecule has 0 spiro atoms. The van der Waals surface area contributed by atoms with Gasteiger partial charge in [0.1, 0.15) is 5.60 Å². The molecule has 0 aromatic carbocycles. The minimum atomic E-state index is -0.434. The highest BCUT2D eigenvalue weighted by atomic mass is 16.6. The molecule has 118 valence electrons. The number of nitrogens with one attached hydrogen (secondary N) is 1. The molecular formula is C15H26N4O2. The molecule has 21 heavy (non-hydrogen) atoms. The summed E-state index contributed by atoms with van der Waals surface area (Å²) in [6.45, 7) is 10.1. The highest BCUT2D eigenvalue weighted by molar-refractivity contribution is 5.68. The summed E-state index contributed by atoms with van der Waals surface area (Å²) in [7, 11) is 0. The van der Waals surface area contributed by atoms with Gasteiger partial charge in [0.05, 0.1) is 17.9 Å². The zero-order valence-corrected chi connectivity index (χ0v) is 13.4. The number of hydrogen-bond donors (Lipinski definition) is 1. The summed E-state index contributed by atoms with van der Waals surface area (Å²) in [6.07, 6.45) is 5.50. The number of aromatic nitrogens is 2. The zero-order valence-electron chi connectivity index (χ0n) is 13.4. The number of carbonyl (C=O) groups is 1. The molecule has 6 heteroatoms. The average molecular weight is 294 g/mol. The first-order valence-electron chi connectivity index (χ1n) is 7.65. The molecule has 1 aromatic rings. The largest absolute Gasteiger partial charge is 0.444 e. The maximum absolute atomic E-state index is 12.0. The van der Waals surface area contributed by atoms with Crippen LogP contribution in [0.5, 0.6) is 0 Å². The van der Waals surface area contributed by atoms with Crippen LogP contribution in [0.2, 0.25) is 0 Å². The van der Waals surface area contributed by atoms with Crippen LogP contribution < -0.4 is 5.32 Å². The first-order valence-corrected chi connectivity index (χ1v) is 7.65. The predicted molar refractivity (Wildman–Crippen MR) is 82.5 cm³/mol. The Morgan fingerprint density at radius 2 is 2.10 bits per heavy atom. The van der Waals surface area contributed by atoms with Crippen molar-refractivity contribution in [1.29, 1.82) is 0 Å². The first-order chi connectivity index (χ1) is 9.89. The van der Waals surface area contributed by atoms with Gasteiger partial charge < -0.3 is 15.0 Å². The Labute approximate surface area is 126 Å². The second-order valence-electron chi connectivity index (χ2n) is 6.44. The summed E-state index contributed by atoms with van der Waals surface area (Å²) in [6, 6.07) is 0.357. The van der Waals surface area contributed by atoms with E-state index in [1.807, 2.05) is 37.8 Å². The van der Waals surface area contributed by atoms with Crippen molar-refractivity contribution in [3.8, 4) is 0 Å². The fraction of sp³-hybridized carbons (Fsp3) is 0.733. The maximum atomic E-state index is 12.0. The van der Waals surface area contributed by atoms with E-state index in [1.165, 1.54) is 0 Å². The molecule has 0 bridgehead atoms. The predicted octanol–water partition coefficient (Wildman–Crippen LogP) is 2.89. The molecule has 1 fully saturated rings. The van der Waals surface area contributed by atoms with Gasteiger partial charge in [-0.1, -0.05) is 0 Å². The van der Waals surface area contributed by atoms with E-state index in [0.29, 0.717) is 6.04 Å². The fourth-order valence-corrected chi connectivity index (χ4v) is 2.47. The van der Waals surface area contributed by atoms with Crippen molar-refractivity contribution in [1.82, 2.24) is 14.7 Å². The molecule has 1 amide bonds. The quantitative estimate of drug-likeness (QED) is 0.931. The lowest BCUT2D eigenvalue weighted by Crippen LogP contribution is -2.42. The van der Waals surface area contributed by atoms with Gasteiger partial charge in [-0.05, 0) is 40.5 Å². The SMILES string of the molecule is CCNc1cnn(C2CCN(C(=O)OC(C)(C)C)CC2)c1. The van der Waals surface area contributed by atoms with Crippen LogP contribution in [0.4, 0.5) is 10.5 Å². The molecule has 6 nitrogen and oxygen atoms in total. The molecule has 0 radical (unpaired) electrons. The van der Waals surface area contributed by atoms with E-state index >= 15 is 0 Å². The smallest absolute Gasteiger partial charge is 0.410 e. The van der Waals surface area contributed by atoms with Gasteiger partial charge in [-0.15, -0.1) is 0 Å². The molecule has 0 aliphatic carbocycles. The summed E-state index contributed by atoms with van der Waals surface area (Å²) >= 11 is 0. The third kappa shape index (κ3) is 4.37. The Morgan fingerprint density at radius 3 is 2.67 bits per heavy atom. The normalized spacial score (nSPS) is 16.9. The monoisotopic (exact) mass is 294 g/mol. The van der Waals surface area contributed by atoms with E-state index in [-0.39, 0.29) is 6.09 Å². The zero-order chi connectivity index (χ0) is 15.5. The molecule has 1 saturated heterocycles. The van der Waals surface area contributed by atoms with Crippen LogP contribution in [0.1, 0.15) is 46.6 Å². The van der Waals surface area contributed by atoms with Crippen molar-refractivity contribution in [2.45, 2.75) is 52.2 Å². The number of hydrogen-bond acceptors (Lipinski definition) is 4. The van der Waals surface area contributed by atoms with Crippen molar-refractivity contribution >= 4 is 11.8 Å². The van der Waals surface area contributed by atoms with Crippen LogP contribution in [-0.4, -0.2) is 46.0 Å². The van der Waals surface area contributed by atoms with E-state index < -0.39 is 5.60 Å². The van der Waals surface area contributed by atoms with Crippen LogP contribution in [-0.2, 0) is 4.74 Å². The standard InChI is InChI=1S/C15H26N4O2/c1-5-16-12-10-17-19(11-12)13-6-8-18(9-7-13)14(20)21-15(2,3)4/h10-11,13,16H,5-9H2,1-4H3. The second kappa shape index (κ2) is 6.37. The summed E-state index contributed by atoms with van der Waals surface area (Å²) in [5.74, 6) is 0. The summed E-state index contributed by atoms with van der Waals surface area (Å²) in [5, 5.41) is 7.66. The van der Waals surface area contributed by atoms with Gasteiger partial charge in [0.2, 0.25) is 0 Å². The molecule has 1 N–H and O–H groups in total. The number of carbonyl (C=O) groups excluding carboxylic acids is 1. The van der Waals surface area contributed by atoms with Gasteiger partial charge in [0.15, 0.2) is 0 Å². The highest BCUT2D eigenvalue weighted by Gasteiger charge is 2.27. The van der Waals surface area contributed by atoms with Gasteiger partial charge in [-0.3, -0.25) is 4.68 Å². The van der Waals surface area contributed by atoms with Crippen LogP contribution in [0.15, 0.2) is 12.4 Å². The van der Waals surface area contributed by atoms with Crippen LogP contribution in [0, 0.1) is 0 Å². The lowest BCUT2D eigenvalue weighted by molar-refractivity contribution is 0.0185. The number of likely N-dealkylation sites (tertiary alicyclic amines) is 1. The average Bonchev–Trinajstić information content (AvgIpc) is 2.86. The number of rotatable bonds is 3. The molecule has 0 atom stereocenters. The summed E-state index contributed by atoms with van der Waals surface area (Å²) in [5.41, 5.74) is 0.614. The fourth-order valence-electron chi connectivity index (χ4n) is 2.47. The van der Waals surface area contributed by atoms with E-state index in [1.54, 1.807) is 4.90 Å². The Hall–Kier alpha value is -1.72. The van der Waals surface area contributed by atoms with E-state index in [9.17, 15) is 4.79 Å². The first kappa shape index (κ1) is 15.7. The Morgan fingerprint density at radius 1 is 1.43 bits per heavy atom. The van der Waals surface area contributed by atoms with Gasteiger partial charge >= 0.3 is 6.09 Å². The second-order valence-corrected chi connectivity index (χ2v) is 6.44.